The lowest BCUT2D eigenvalue weighted by Crippen LogP contribution is -2.45. The molecule has 0 bridgehead atoms. The van der Waals surface area contributed by atoms with E-state index in [0.29, 0.717) is 5.71 Å². The maximum absolute atomic E-state index is 5.29. The minimum atomic E-state index is 0.696. The molecule has 1 aliphatic heterocycles. The Morgan fingerprint density at radius 3 is 3.11 bits per heavy atom. The molecular formula is C13H18N4O. The van der Waals surface area contributed by atoms with Crippen LogP contribution < -0.4 is 10.6 Å². The normalized spacial score (nSPS) is 17.1. The SMILES string of the molecule is c1cc(NCCN2CCNCC2)c2ccoc2n1. The van der Waals surface area contributed by atoms with E-state index in [4.69, 9.17) is 4.42 Å². The third-order valence-electron chi connectivity index (χ3n) is 3.32. The molecule has 0 amide bonds. The quantitative estimate of drug-likeness (QED) is 0.847. The first kappa shape index (κ1) is 11.5. The smallest absolute Gasteiger partial charge is 0.227 e. The van der Waals surface area contributed by atoms with Crippen LogP contribution in [0.1, 0.15) is 0 Å². The van der Waals surface area contributed by atoms with Gasteiger partial charge in [-0.1, -0.05) is 0 Å². The molecular weight excluding hydrogens is 228 g/mol. The average molecular weight is 246 g/mol. The third kappa shape index (κ3) is 2.47. The summed E-state index contributed by atoms with van der Waals surface area (Å²) in [7, 11) is 0. The van der Waals surface area contributed by atoms with Crippen LogP contribution in [0.3, 0.4) is 0 Å². The minimum absolute atomic E-state index is 0.696. The van der Waals surface area contributed by atoms with Gasteiger partial charge >= 0.3 is 0 Å². The molecule has 2 N–H and O–H groups in total. The monoisotopic (exact) mass is 246 g/mol. The van der Waals surface area contributed by atoms with Gasteiger partial charge in [-0.15, -0.1) is 0 Å². The lowest BCUT2D eigenvalue weighted by Gasteiger charge is -2.27. The van der Waals surface area contributed by atoms with E-state index < -0.39 is 0 Å². The lowest BCUT2D eigenvalue weighted by molar-refractivity contribution is 0.249. The summed E-state index contributed by atoms with van der Waals surface area (Å²) in [5, 5.41) is 7.87. The number of furan rings is 1. The second-order valence-corrected chi connectivity index (χ2v) is 4.52. The summed E-state index contributed by atoms with van der Waals surface area (Å²) in [6.45, 7) is 6.49. The van der Waals surface area contributed by atoms with Gasteiger partial charge in [0.15, 0.2) is 0 Å². The molecule has 3 rings (SSSR count). The van der Waals surface area contributed by atoms with Gasteiger partial charge in [0.05, 0.1) is 11.6 Å². The van der Waals surface area contributed by atoms with Crippen LogP contribution >= 0.6 is 0 Å². The predicted molar refractivity (Wildman–Crippen MR) is 71.8 cm³/mol. The Bertz CT molecular complexity index is 504. The summed E-state index contributed by atoms with van der Waals surface area (Å²) in [5.74, 6) is 0. The molecule has 5 heteroatoms. The van der Waals surface area contributed by atoms with Crippen molar-refractivity contribution in [3.63, 3.8) is 0 Å². The highest BCUT2D eigenvalue weighted by Crippen LogP contribution is 2.21. The van der Waals surface area contributed by atoms with E-state index in [1.165, 1.54) is 0 Å². The molecule has 1 saturated heterocycles. The van der Waals surface area contributed by atoms with E-state index in [9.17, 15) is 0 Å². The van der Waals surface area contributed by atoms with Gasteiger partial charge < -0.3 is 15.1 Å². The fourth-order valence-electron chi connectivity index (χ4n) is 2.31. The van der Waals surface area contributed by atoms with Gasteiger partial charge in [-0.25, -0.2) is 4.98 Å². The maximum atomic E-state index is 5.29. The van der Waals surface area contributed by atoms with Gasteiger partial charge in [0.2, 0.25) is 5.71 Å². The molecule has 0 radical (unpaired) electrons. The highest BCUT2D eigenvalue weighted by molar-refractivity contribution is 5.87. The number of anilines is 1. The first-order valence-electron chi connectivity index (χ1n) is 6.42. The average Bonchev–Trinajstić information content (AvgIpc) is 2.89. The first-order valence-corrected chi connectivity index (χ1v) is 6.42. The third-order valence-corrected chi connectivity index (χ3v) is 3.32. The fourth-order valence-corrected chi connectivity index (χ4v) is 2.31. The molecule has 0 atom stereocenters. The zero-order valence-electron chi connectivity index (χ0n) is 10.4. The van der Waals surface area contributed by atoms with Crippen molar-refractivity contribution in [1.29, 1.82) is 0 Å². The van der Waals surface area contributed by atoms with Crippen LogP contribution in [0.4, 0.5) is 5.69 Å². The number of fused-ring (bicyclic) bond motifs is 1. The number of hydrogen-bond donors (Lipinski definition) is 2. The topological polar surface area (TPSA) is 53.3 Å². The lowest BCUT2D eigenvalue weighted by atomic mass is 10.3. The molecule has 1 fully saturated rings. The van der Waals surface area contributed by atoms with Crippen molar-refractivity contribution in [1.82, 2.24) is 15.2 Å². The van der Waals surface area contributed by atoms with E-state index >= 15 is 0 Å². The Balaban J connectivity index is 1.57. The van der Waals surface area contributed by atoms with Gasteiger partial charge in [-0.05, 0) is 12.1 Å². The summed E-state index contributed by atoms with van der Waals surface area (Å²) in [5.41, 5.74) is 1.80. The molecule has 0 saturated carbocycles. The van der Waals surface area contributed by atoms with Gasteiger partial charge in [0.1, 0.15) is 0 Å². The molecule has 2 aromatic rings. The molecule has 3 heterocycles. The molecule has 0 aromatic carbocycles. The van der Waals surface area contributed by atoms with Crippen molar-refractivity contribution >= 4 is 16.8 Å². The zero-order valence-corrected chi connectivity index (χ0v) is 10.4. The summed E-state index contributed by atoms with van der Waals surface area (Å²) in [6, 6.07) is 3.95. The Hall–Kier alpha value is -1.59. The van der Waals surface area contributed by atoms with Crippen LogP contribution in [0, 0.1) is 0 Å². The number of nitrogens with one attached hydrogen (secondary N) is 2. The molecule has 2 aromatic heterocycles. The van der Waals surface area contributed by atoms with Crippen molar-refractivity contribution in [2.75, 3.05) is 44.6 Å². The van der Waals surface area contributed by atoms with Crippen LogP contribution in [0.2, 0.25) is 0 Å². The van der Waals surface area contributed by atoms with Gasteiger partial charge in [-0.2, -0.15) is 0 Å². The number of hydrogen-bond acceptors (Lipinski definition) is 5. The van der Waals surface area contributed by atoms with Gasteiger partial charge in [-0.3, -0.25) is 4.90 Å². The Morgan fingerprint density at radius 1 is 1.33 bits per heavy atom. The van der Waals surface area contributed by atoms with E-state index in [-0.39, 0.29) is 0 Å². The number of nitrogens with zero attached hydrogens (tertiary/aromatic N) is 2. The molecule has 0 unspecified atom stereocenters. The minimum Gasteiger partial charge on any atom is -0.446 e. The largest absolute Gasteiger partial charge is 0.446 e. The molecule has 0 spiro atoms. The maximum Gasteiger partial charge on any atom is 0.227 e. The van der Waals surface area contributed by atoms with Gasteiger partial charge in [0.25, 0.3) is 0 Å². The van der Waals surface area contributed by atoms with Crippen molar-refractivity contribution in [3.8, 4) is 0 Å². The number of piperazine rings is 1. The van der Waals surface area contributed by atoms with E-state index in [1.807, 2.05) is 12.1 Å². The summed E-state index contributed by atoms with van der Waals surface area (Å²) in [6.07, 6.45) is 3.46. The Labute approximate surface area is 106 Å². The van der Waals surface area contributed by atoms with Crippen LogP contribution in [-0.4, -0.2) is 49.2 Å². The van der Waals surface area contributed by atoms with Crippen LogP contribution in [0.25, 0.3) is 11.1 Å². The van der Waals surface area contributed by atoms with E-state index in [2.05, 4.69) is 20.5 Å². The van der Waals surface area contributed by atoms with Crippen LogP contribution in [0.15, 0.2) is 29.0 Å². The molecule has 96 valence electrons. The Kier molecular flexibility index (Phi) is 3.43. The molecule has 1 aliphatic rings. The van der Waals surface area contributed by atoms with E-state index in [1.54, 1.807) is 12.5 Å². The summed E-state index contributed by atoms with van der Waals surface area (Å²) in [4.78, 5) is 6.64. The van der Waals surface area contributed by atoms with Crippen molar-refractivity contribution in [3.05, 3.63) is 24.6 Å². The van der Waals surface area contributed by atoms with Crippen LogP contribution in [-0.2, 0) is 0 Å². The summed E-state index contributed by atoms with van der Waals surface area (Å²) < 4.78 is 5.29. The number of aromatic nitrogens is 1. The fraction of sp³-hybridized carbons (Fsp3) is 0.462. The van der Waals surface area contributed by atoms with Gasteiger partial charge in [0, 0.05) is 51.2 Å². The van der Waals surface area contributed by atoms with E-state index in [0.717, 1.165) is 50.3 Å². The summed E-state index contributed by atoms with van der Waals surface area (Å²) >= 11 is 0. The second-order valence-electron chi connectivity index (χ2n) is 4.52. The Morgan fingerprint density at radius 2 is 2.22 bits per heavy atom. The first-order chi connectivity index (χ1) is 8.93. The van der Waals surface area contributed by atoms with Crippen LogP contribution in [0.5, 0.6) is 0 Å². The standard InChI is InChI=1S/C13H18N4O/c1-3-16-13-11(2-10-18-13)12(1)15-6-9-17-7-4-14-5-8-17/h1-3,10,14H,4-9H2,(H,15,16). The van der Waals surface area contributed by atoms with Crippen molar-refractivity contribution in [2.45, 2.75) is 0 Å². The highest BCUT2D eigenvalue weighted by atomic mass is 16.3. The second kappa shape index (κ2) is 5.37. The van der Waals surface area contributed by atoms with Crippen molar-refractivity contribution in [2.24, 2.45) is 0 Å². The highest BCUT2D eigenvalue weighted by Gasteiger charge is 2.09. The predicted octanol–water partition coefficient (Wildman–Crippen LogP) is 1.14. The van der Waals surface area contributed by atoms with Crippen molar-refractivity contribution < 1.29 is 4.42 Å². The number of rotatable bonds is 4. The molecule has 5 nitrogen and oxygen atoms in total. The molecule has 0 aliphatic carbocycles. The number of pyridine rings is 1. The molecule has 18 heavy (non-hydrogen) atoms. The zero-order chi connectivity index (χ0) is 12.2.